The number of hydrogen-bond donors (Lipinski definition) is 1. The molecule has 21 heavy (non-hydrogen) atoms. The van der Waals surface area contributed by atoms with Gasteiger partial charge in [0.05, 0.1) is 13.2 Å². The van der Waals surface area contributed by atoms with Gasteiger partial charge in [0.25, 0.3) is 0 Å². The van der Waals surface area contributed by atoms with Crippen LogP contribution in [0.1, 0.15) is 47.3 Å². The summed E-state index contributed by atoms with van der Waals surface area (Å²) >= 11 is 0. The Labute approximate surface area is 124 Å². The van der Waals surface area contributed by atoms with Gasteiger partial charge in [-0.25, -0.2) is 9.78 Å². The van der Waals surface area contributed by atoms with Crippen molar-refractivity contribution in [3.63, 3.8) is 0 Å². The zero-order valence-corrected chi connectivity index (χ0v) is 12.9. The average molecular weight is 287 g/mol. The van der Waals surface area contributed by atoms with E-state index in [1.165, 1.54) is 12.7 Å². The molecule has 0 saturated carbocycles. The molecule has 0 aliphatic rings. The van der Waals surface area contributed by atoms with Gasteiger partial charge >= 0.3 is 5.97 Å². The molecule has 2 N–H and O–H groups in total. The molecule has 1 unspecified atom stereocenters. The standard InChI is InChI=1S/C16H21N3O2/c1-5-13-18-14(16(20)21-4)15(17)19(13)11(3)12-9-7-6-8-10(12)2/h6-9,11H,5,17H2,1-4H3. The van der Waals surface area contributed by atoms with Crippen LogP contribution in [-0.4, -0.2) is 22.6 Å². The summed E-state index contributed by atoms with van der Waals surface area (Å²) < 4.78 is 6.66. The van der Waals surface area contributed by atoms with Gasteiger partial charge < -0.3 is 15.0 Å². The summed E-state index contributed by atoms with van der Waals surface area (Å²) in [5.74, 6) is 0.635. The number of rotatable bonds is 4. The number of nitrogens with two attached hydrogens (primary N) is 1. The molecule has 0 bridgehead atoms. The quantitative estimate of drug-likeness (QED) is 0.878. The second kappa shape index (κ2) is 5.99. The van der Waals surface area contributed by atoms with Gasteiger partial charge in [0.1, 0.15) is 11.6 Å². The SMILES string of the molecule is CCc1nc(C(=O)OC)c(N)n1C(C)c1ccccc1C. The van der Waals surface area contributed by atoms with E-state index in [4.69, 9.17) is 10.5 Å². The van der Waals surface area contributed by atoms with Crippen LogP contribution in [0.15, 0.2) is 24.3 Å². The van der Waals surface area contributed by atoms with Crippen LogP contribution in [0.4, 0.5) is 5.82 Å². The smallest absolute Gasteiger partial charge is 0.360 e. The van der Waals surface area contributed by atoms with Crippen molar-refractivity contribution < 1.29 is 9.53 Å². The van der Waals surface area contributed by atoms with E-state index in [0.29, 0.717) is 12.2 Å². The molecule has 112 valence electrons. The maximum Gasteiger partial charge on any atom is 0.360 e. The van der Waals surface area contributed by atoms with Crippen LogP contribution in [-0.2, 0) is 11.2 Å². The molecule has 1 aromatic heterocycles. The lowest BCUT2D eigenvalue weighted by Crippen LogP contribution is -2.15. The van der Waals surface area contributed by atoms with Crippen molar-refractivity contribution in [1.82, 2.24) is 9.55 Å². The maximum atomic E-state index is 11.8. The van der Waals surface area contributed by atoms with Crippen LogP contribution >= 0.6 is 0 Å². The van der Waals surface area contributed by atoms with Gasteiger partial charge in [0, 0.05) is 6.42 Å². The summed E-state index contributed by atoms with van der Waals surface area (Å²) in [5, 5.41) is 0. The van der Waals surface area contributed by atoms with Gasteiger partial charge in [-0.3, -0.25) is 0 Å². The van der Waals surface area contributed by atoms with Crippen LogP contribution in [0.2, 0.25) is 0 Å². The third-order valence-corrected chi connectivity index (χ3v) is 3.74. The van der Waals surface area contributed by atoms with Crippen molar-refractivity contribution in [2.24, 2.45) is 0 Å². The molecule has 0 fully saturated rings. The molecular formula is C16H21N3O2. The highest BCUT2D eigenvalue weighted by molar-refractivity contribution is 5.92. The number of benzene rings is 1. The monoisotopic (exact) mass is 287 g/mol. The molecule has 1 atom stereocenters. The Balaban J connectivity index is 2.55. The van der Waals surface area contributed by atoms with Crippen LogP contribution in [0.3, 0.4) is 0 Å². The number of aromatic nitrogens is 2. The normalized spacial score (nSPS) is 12.2. The zero-order valence-electron chi connectivity index (χ0n) is 12.9. The number of carbonyl (C=O) groups is 1. The van der Waals surface area contributed by atoms with Crippen LogP contribution in [0, 0.1) is 6.92 Å². The average Bonchev–Trinajstić information content (AvgIpc) is 2.83. The summed E-state index contributed by atoms with van der Waals surface area (Å²) in [5.41, 5.74) is 8.67. The van der Waals surface area contributed by atoms with Gasteiger partial charge in [0.2, 0.25) is 0 Å². The molecule has 0 radical (unpaired) electrons. The minimum Gasteiger partial charge on any atom is -0.464 e. The van der Waals surface area contributed by atoms with E-state index < -0.39 is 5.97 Å². The van der Waals surface area contributed by atoms with Crippen LogP contribution in [0.25, 0.3) is 0 Å². The van der Waals surface area contributed by atoms with Crippen molar-refractivity contribution in [3.8, 4) is 0 Å². The fourth-order valence-corrected chi connectivity index (χ4v) is 2.62. The number of hydrogen-bond acceptors (Lipinski definition) is 4. The first-order valence-corrected chi connectivity index (χ1v) is 7.01. The van der Waals surface area contributed by atoms with Gasteiger partial charge in [-0.15, -0.1) is 0 Å². The number of nitrogen functional groups attached to an aromatic ring is 1. The fourth-order valence-electron chi connectivity index (χ4n) is 2.62. The largest absolute Gasteiger partial charge is 0.464 e. The molecule has 2 aromatic rings. The number of aryl methyl sites for hydroxylation is 2. The summed E-state index contributed by atoms with van der Waals surface area (Å²) in [7, 11) is 1.33. The highest BCUT2D eigenvalue weighted by atomic mass is 16.5. The molecule has 0 aliphatic carbocycles. The summed E-state index contributed by atoms with van der Waals surface area (Å²) in [6.07, 6.45) is 0.692. The highest BCUT2D eigenvalue weighted by Gasteiger charge is 2.24. The van der Waals surface area contributed by atoms with Gasteiger partial charge in [-0.05, 0) is 25.0 Å². The molecule has 1 heterocycles. The van der Waals surface area contributed by atoms with Crippen molar-refractivity contribution >= 4 is 11.8 Å². The Hall–Kier alpha value is -2.30. The number of nitrogens with zero attached hydrogens (tertiary/aromatic N) is 2. The van der Waals surface area contributed by atoms with Crippen LogP contribution < -0.4 is 5.73 Å². The van der Waals surface area contributed by atoms with E-state index in [9.17, 15) is 4.79 Å². The molecule has 2 rings (SSSR count). The number of ether oxygens (including phenoxy) is 1. The second-order valence-electron chi connectivity index (χ2n) is 5.01. The predicted octanol–water partition coefficient (Wildman–Crippen LogP) is 2.73. The number of carbonyl (C=O) groups excluding carboxylic acids is 1. The van der Waals surface area contributed by atoms with Gasteiger partial charge in [0.15, 0.2) is 5.69 Å². The highest BCUT2D eigenvalue weighted by Crippen LogP contribution is 2.28. The third-order valence-electron chi connectivity index (χ3n) is 3.74. The molecular weight excluding hydrogens is 266 g/mol. The molecule has 5 heteroatoms. The molecule has 0 aliphatic heterocycles. The molecule has 0 spiro atoms. The first-order chi connectivity index (χ1) is 10.0. The second-order valence-corrected chi connectivity index (χ2v) is 5.01. The van der Waals surface area contributed by atoms with Gasteiger partial charge in [-0.1, -0.05) is 31.2 Å². The topological polar surface area (TPSA) is 70.1 Å². The van der Waals surface area contributed by atoms with E-state index in [2.05, 4.69) is 31.0 Å². The Bertz CT molecular complexity index is 662. The van der Waals surface area contributed by atoms with Crippen molar-refractivity contribution in [2.75, 3.05) is 12.8 Å². The van der Waals surface area contributed by atoms with Crippen LogP contribution in [0.5, 0.6) is 0 Å². The summed E-state index contributed by atoms with van der Waals surface area (Å²) in [4.78, 5) is 16.1. The maximum absolute atomic E-state index is 11.8. The Morgan fingerprint density at radius 1 is 1.43 bits per heavy atom. The van der Waals surface area contributed by atoms with Crippen molar-refractivity contribution in [3.05, 3.63) is 46.9 Å². The van der Waals surface area contributed by atoms with E-state index in [0.717, 1.165) is 11.4 Å². The first-order valence-electron chi connectivity index (χ1n) is 7.01. The first kappa shape index (κ1) is 15.1. The lowest BCUT2D eigenvalue weighted by molar-refractivity contribution is 0.0595. The van der Waals surface area contributed by atoms with E-state index >= 15 is 0 Å². The zero-order chi connectivity index (χ0) is 15.6. The summed E-state index contributed by atoms with van der Waals surface area (Å²) in [6, 6.07) is 8.14. The Kier molecular flexibility index (Phi) is 4.31. The molecule has 1 aromatic carbocycles. The minimum atomic E-state index is -0.502. The molecule has 5 nitrogen and oxygen atoms in total. The Morgan fingerprint density at radius 3 is 2.67 bits per heavy atom. The summed E-state index contributed by atoms with van der Waals surface area (Å²) in [6.45, 7) is 6.11. The van der Waals surface area contributed by atoms with E-state index in [1.807, 2.05) is 23.6 Å². The lowest BCUT2D eigenvalue weighted by atomic mass is 10.0. The number of methoxy groups -OCH3 is 1. The Morgan fingerprint density at radius 2 is 2.10 bits per heavy atom. The van der Waals surface area contributed by atoms with Crippen molar-refractivity contribution in [2.45, 2.75) is 33.2 Å². The van der Waals surface area contributed by atoms with Gasteiger partial charge in [-0.2, -0.15) is 0 Å². The number of imidazole rings is 1. The molecule has 0 saturated heterocycles. The predicted molar refractivity (Wildman–Crippen MR) is 82.3 cm³/mol. The number of anilines is 1. The lowest BCUT2D eigenvalue weighted by Gasteiger charge is -2.20. The third kappa shape index (κ3) is 2.63. The van der Waals surface area contributed by atoms with E-state index in [-0.39, 0.29) is 11.7 Å². The number of esters is 1. The molecule has 0 amide bonds. The minimum absolute atomic E-state index is 0.00653. The fraction of sp³-hybridized carbons (Fsp3) is 0.375. The van der Waals surface area contributed by atoms with E-state index in [1.54, 1.807) is 0 Å². The van der Waals surface area contributed by atoms with Crippen molar-refractivity contribution in [1.29, 1.82) is 0 Å².